The van der Waals surface area contributed by atoms with Gasteiger partial charge in [-0.1, -0.05) is 19.0 Å². The number of amidine groups is 1. The summed E-state index contributed by atoms with van der Waals surface area (Å²) in [4.78, 5) is 22.5. The molecular formula is C18H27N5O2. The molecule has 2 unspecified atom stereocenters. The van der Waals surface area contributed by atoms with Crippen molar-refractivity contribution in [2.24, 2.45) is 22.9 Å². The quantitative estimate of drug-likeness (QED) is 0.908. The summed E-state index contributed by atoms with van der Waals surface area (Å²) in [6.07, 6.45) is 0. The van der Waals surface area contributed by atoms with E-state index in [1.54, 1.807) is 0 Å². The monoisotopic (exact) mass is 345 g/mol. The van der Waals surface area contributed by atoms with Crippen molar-refractivity contribution in [2.75, 3.05) is 19.6 Å². The maximum Gasteiger partial charge on any atom is 0.274 e. The number of hydrogen-bond donors (Lipinski definition) is 1. The lowest BCUT2D eigenvalue weighted by Crippen LogP contribution is -2.45. The van der Waals surface area contributed by atoms with Gasteiger partial charge in [-0.15, -0.1) is 0 Å². The Kier molecular flexibility index (Phi) is 3.60. The first-order valence-electron chi connectivity index (χ1n) is 9.21. The summed E-state index contributed by atoms with van der Waals surface area (Å²) >= 11 is 0. The first-order valence-corrected chi connectivity index (χ1v) is 9.21. The van der Waals surface area contributed by atoms with Crippen LogP contribution >= 0.6 is 0 Å². The van der Waals surface area contributed by atoms with E-state index < -0.39 is 0 Å². The van der Waals surface area contributed by atoms with E-state index in [9.17, 15) is 4.79 Å². The second-order valence-corrected chi connectivity index (χ2v) is 8.16. The maximum atomic E-state index is 12.7. The Bertz CT molecular complexity index is 711. The lowest BCUT2D eigenvalue weighted by Gasteiger charge is -2.31. The summed E-state index contributed by atoms with van der Waals surface area (Å²) in [6.45, 7) is 12.9. The topological polar surface area (TPSA) is 73.8 Å². The standard InChI is InChI=1S/C18H27N5O2/c1-6-23-16(21-25-18(23,4)5)15-11-8-22(9-12(11)15)17(24)14-7-13(10(2)3)19-20-14/h7,10-12,15H,6,8-9H2,1-5H3,(H,19,20). The molecule has 1 saturated carbocycles. The van der Waals surface area contributed by atoms with Gasteiger partial charge in [0, 0.05) is 31.2 Å². The smallest absolute Gasteiger partial charge is 0.274 e. The fourth-order valence-corrected chi connectivity index (χ4v) is 4.30. The molecule has 0 aromatic carbocycles. The van der Waals surface area contributed by atoms with Crippen LogP contribution in [0.4, 0.5) is 0 Å². The second-order valence-electron chi connectivity index (χ2n) is 8.16. The van der Waals surface area contributed by atoms with Crippen LogP contribution in [0.2, 0.25) is 0 Å². The Morgan fingerprint density at radius 2 is 2.08 bits per heavy atom. The fourth-order valence-electron chi connectivity index (χ4n) is 4.30. The van der Waals surface area contributed by atoms with Crippen molar-refractivity contribution < 1.29 is 9.63 Å². The van der Waals surface area contributed by atoms with Crippen molar-refractivity contribution in [2.45, 2.75) is 46.3 Å². The van der Waals surface area contributed by atoms with Crippen molar-refractivity contribution in [1.82, 2.24) is 20.0 Å². The molecule has 1 aliphatic carbocycles. The van der Waals surface area contributed by atoms with Crippen LogP contribution in [0.1, 0.15) is 56.7 Å². The van der Waals surface area contributed by atoms with Crippen molar-refractivity contribution in [3.05, 3.63) is 17.5 Å². The number of nitrogens with zero attached hydrogens (tertiary/aromatic N) is 4. The molecule has 136 valence electrons. The molecule has 7 nitrogen and oxygen atoms in total. The van der Waals surface area contributed by atoms with E-state index in [0.717, 1.165) is 31.2 Å². The number of rotatable bonds is 4. The third-order valence-electron chi connectivity index (χ3n) is 5.82. The molecule has 2 fully saturated rings. The number of aromatic amines is 1. The van der Waals surface area contributed by atoms with Crippen LogP contribution in [-0.4, -0.2) is 57.1 Å². The zero-order valence-electron chi connectivity index (χ0n) is 15.6. The van der Waals surface area contributed by atoms with Crippen molar-refractivity contribution in [3.8, 4) is 0 Å². The molecule has 0 radical (unpaired) electrons. The van der Waals surface area contributed by atoms with Gasteiger partial charge in [-0.25, -0.2) is 0 Å². The van der Waals surface area contributed by atoms with Gasteiger partial charge in [0.2, 0.25) is 5.72 Å². The molecule has 1 aromatic heterocycles. The second kappa shape index (κ2) is 5.47. The highest BCUT2D eigenvalue weighted by Crippen LogP contribution is 2.54. The molecule has 25 heavy (non-hydrogen) atoms. The number of carbonyl (C=O) groups is 1. The van der Waals surface area contributed by atoms with E-state index in [4.69, 9.17) is 4.84 Å². The van der Waals surface area contributed by atoms with Crippen LogP contribution in [-0.2, 0) is 4.84 Å². The lowest BCUT2D eigenvalue weighted by molar-refractivity contribution is -0.0670. The Morgan fingerprint density at radius 3 is 2.64 bits per heavy atom. The molecule has 1 saturated heterocycles. The van der Waals surface area contributed by atoms with Crippen molar-refractivity contribution >= 4 is 11.7 Å². The summed E-state index contributed by atoms with van der Waals surface area (Å²) in [5.41, 5.74) is 1.17. The van der Waals surface area contributed by atoms with Crippen LogP contribution in [0.5, 0.6) is 0 Å². The van der Waals surface area contributed by atoms with E-state index in [1.807, 2.05) is 24.8 Å². The SMILES string of the molecule is CCN1C(C2C3CN(C(=O)c4cc(C(C)C)[nH]n4)CC32)=NOC1(C)C. The summed E-state index contributed by atoms with van der Waals surface area (Å²) in [5, 5.41) is 11.5. The number of likely N-dealkylation sites (tertiary alicyclic amines) is 1. The highest BCUT2D eigenvalue weighted by Gasteiger charge is 2.62. The Labute approximate surface area is 148 Å². The van der Waals surface area contributed by atoms with E-state index in [-0.39, 0.29) is 11.6 Å². The van der Waals surface area contributed by atoms with Gasteiger partial charge in [0.25, 0.3) is 5.91 Å². The van der Waals surface area contributed by atoms with Gasteiger partial charge in [0.1, 0.15) is 5.69 Å². The fraction of sp³-hybridized carbons (Fsp3) is 0.722. The molecule has 7 heteroatoms. The minimum Gasteiger partial charge on any atom is -0.366 e. The molecular weight excluding hydrogens is 318 g/mol. The summed E-state index contributed by atoms with van der Waals surface area (Å²) < 4.78 is 0. The predicted octanol–water partition coefficient (Wildman–Crippen LogP) is 2.25. The highest BCUT2D eigenvalue weighted by molar-refractivity contribution is 5.94. The van der Waals surface area contributed by atoms with Crippen LogP contribution in [0.3, 0.4) is 0 Å². The van der Waals surface area contributed by atoms with Crippen LogP contribution in [0.15, 0.2) is 11.2 Å². The zero-order valence-corrected chi connectivity index (χ0v) is 15.6. The number of piperidine rings is 1. The van der Waals surface area contributed by atoms with E-state index in [2.05, 4.69) is 41.0 Å². The van der Waals surface area contributed by atoms with Gasteiger partial charge in [-0.05, 0) is 44.6 Å². The summed E-state index contributed by atoms with van der Waals surface area (Å²) in [5.74, 6) is 2.86. The van der Waals surface area contributed by atoms with Crippen molar-refractivity contribution in [3.63, 3.8) is 0 Å². The average molecular weight is 345 g/mol. The summed E-state index contributed by atoms with van der Waals surface area (Å²) in [6, 6.07) is 1.88. The third kappa shape index (κ3) is 2.51. The minimum absolute atomic E-state index is 0.0337. The number of fused-ring (bicyclic) bond motifs is 1. The molecule has 1 aromatic rings. The molecule has 2 atom stereocenters. The number of nitrogens with one attached hydrogen (secondary N) is 1. The molecule has 3 aliphatic rings. The number of H-pyrrole nitrogens is 1. The largest absolute Gasteiger partial charge is 0.366 e. The normalized spacial score (nSPS) is 29.7. The number of carbonyl (C=O) groups excluding carboxylic acids is 1. The molecule has 1 N–H and O–H groups in total. The molecule has 0 bridgehead atoms. The number of aromatic nitrogens is 2. The van der Waals surface area contributed by atoms with Crippen LogP contribution in [0.25, 0.3) is 0 Å². The number of hydrogen-bond acceptors (Lipinski definition) is 5. The molecule has 3 heterocycles. The zero-order chi connectivity index (χ0) is 17.9. The van der Waals surface area contributed by atoms with Gasteiger partial charge in [-0.3, -0.25) is 9.89 Å². The van der Waals surface area contributed by atoms with E-state index >= 15 is 0 Å². The Balaban J connectivity index is 1.40. The van der Waals surface area contributed by atoms with Crippen LogP contribution < -0.4 is 0 Å². The molecule has 1 amide bonds. The number of amides is 1. The average Bonchev–Trinajstić information content (AvgIpc) is 3.00. The Morgan fingerprint density at radius 1 is 1.40 bits per heavy atom. The number of oxime groups is 1. The maximum absolute atomic E-state index is 12.7. The highest BCUT2D eigenvalue weighted by atomic mass is 16.7. The predicted molar refractivity (Wildman–Crippen MR) is 94.0 cm³/mol. The summed E-state index contributed by atoms with van der Waals surface area (Å²) in [7, 11) is 0. The first-order chi connectivity index (χ1) is 11.8. The Hall–Kier alpha value is -2.05. The molecule has 0 spiro atoms. The molecule has 2 aliphatic heterocycles. The van der Waals surface area contributed by atoms with Gasteiger partial charge in [0.15, 0.2) is 5.84 Å². The van der Waals surface area contributed by atoms with E-state index in [0.29, 0.717) is 29.4 Å². The van der Waals surface area contributed by atoms with Gasteiger partial charge < -0.3 is 14.6 Å². The van der Waals surface area contributed by atoms with Crippen LogP contribution in [0, 0.1) is 17.8 Å². The van der Waals surface area contributed by atoms with Gasteiger partial charge in [-0.2, -0.15) is 5.10 Å². The minimum atomic E-state index is -0.362. The van der Waals surface area contributed by atoms with E-state index in [1.165, 1.54) is 0 Å². The van der Waals surface area contributed by atoms with Gasteiger partial charge in [0.05, 0.1) is 0 Å². The third-order valence-corrected chi connectivity index (χ3v) is 5.82. The first kappa shape index (κ1) is 16.4. The molecule has 4 rings (SSSR count). The van der Waals surface area contributed by atoms with Crippen molar-refractivity contribution in [1.29, 1.82) is 0 Å². The lowest BCUT2D eigenvalue weighted by atomic mass is 10.1. The van der Waals surface area contributed by atoms with Gasteiger partial charge >= 0.3 is 0 Å².